The number of rotatable bonds is 14. The van der Waals surface area contributed by atoms with Crippen LogP contribution in [0.4, 0.5) is 50.1 Å². The topological polar surface area (TPSA) is 432 Å². The summed E-state index contributed by atoms with van der Waals surface area (Å²) in [4.78, 5) is -0.513. The summed E-state index contributed by atoms with van der Waals surface area (Å²) in [5.74, 6) is -0.576. The summed E-state index contributed by atoms with van der Waals surface area (Å²) in [5, 5.41) is 40.8. The van der Waals surface area contributed by atoms with Gasteiger partial charge in [-0.25, -0.2) is 4.98 Å². The zero-order valence-electron chi connectivity index (χ0n) is 35.8. The molecule has 33 heteroatoms. The third-order valence-corrected chi connectivity index (χ3v) is 16.2. The predicted molar refractivity (Wildman–Crippen MR) is 263 cm³/mol. The first-order valence-electron chi connectivity index (χ1n) is 19.2. The van der Waals surface area contributed by atoms with Gasteiger partial charge in [0.1, 0.15) is 48.0 Å². The maximum atomic E-state index is 12.6. The molecule has 0 saturated heterocycles. The van der Waals surface area contributed by atoms with E-state index in [1.165, 1.54) is 43.3 Å². The Morgan fingerprint density at radius 3 is 1.58 bits per heavy atom. The number of nitrogens with zero attached hydrogens (tertiary/aromatic N) is 7. The molecule has 2 aromatic heterocycles. The lowest BCUT2D eigenvalue weighted by Gasteiger charge is -2.16. The maximum absolute atomic E-state index is 12.6. The monoisotopic (exact) mass is 1150 g/mol. The summed E-state index contributed by atoms with van der Waals surface area (Å²) in [6.07, 6.45) is 0. The number of hydrogen-bond acceptors (Lipinski definition) is 21. The number of nitrogens with two attached hydrogens (primary N) is 1. The van der Waals surface area contributed by atoms with E-state index in [-0.39, 0.29) is 82.2 Å². The highest BCUT2D eigenvalue weighted by atomic mass is 35.5. The summed E-state index contributed by atoms with van der Waals surface area (Å²) in [7, 11) is -25.8. The van der Waals surface area contributed by atoms with Crippen molar-refractivity contribution in [1.82, 2.24) is 4.98 Å². The van der Waals surface area contributed by atoms with Crippen LogP contribution in [-0.2, 0) is 50.6 Å². The van der Waals surface area contributed by atoms with E-state index in [0.717, 1.165) is 30.3 Å². The SMILES string of the molecule is Cc1c(C#N)c(Nc2ccc(Cl)c(S(=O)(=O)O)c2)nc(Nc2ccc(Cl)c(S(=O)(=O)O)c2)c1N=Nc1sc(N=Nc2cc(S(=O)(=O)O)c3cc(S(=O)(=O)O)cc(S(=O)(=O)O)c3c2)c(-c2ccc(N)cc2)c1C#N. The number of nitriles is 2. The number of thiophene rings is 1. The Kier molecular flexibility index (Phi) is 14.5. The molecule has 0 fully saturated rings. The van der Waals surface area contributed by atoms with Crippen molar-refractivity contribution in [3.05, 3.63) is 112 Å². The van der Waals surface area contributed by atoms with Crippen molar-refractivity contribution in [2.24, 2.45) is 20.5 Å². The molecule has 0 aliphatic heterocycles. The minimum Gasteiger partial charge on any atom is -0.399 e. The third-order valence-electron chi connectivity index (χ3n) is 9.96. The molecular weight excluding hydrogens is 1120 g/mol. The molecule has 7 aromatic rings. The Morgan fingerprint density at radius 2 is 1.07 bits per heavy atom. The van der Waals surface area contributed by atoms with Crippen molar-refractivity contribution >= 4 is 146 Å². The molecule has 2 heterocycles. The van der Waals surface area contributed by atoms with Crippen molar-refractivity contribution in [2.75, 3.05) is 16.4 Å². The Balaban J connectivity index is 1.44. The number of benzene rings is 5. The molecule has 0 spiro atoms. The van der Waals surface area contributed by atoms with E-state index in [1.807, 2.05) is 12.1 Å². The normalized spacial score (nSPS) is 12.6. The van der Waals surface area contributed by atoms with Crippen LogP contribution in [0.15, 0.2) is 130 Å². The number of azo groups is 2. The van der Waals surface area contributed by atoms with Gasteiger partial charge in [0.25, 0.3) is 50.6 Å². The van der Waals surface area contributed by atoms with Crippen molar-refractivity contribution in [3.8, 4) is 23.3 Å². The third kappa shape index (κ3) is 11.6. The van der Waals surface area contributed by atoms with E-state index in [1.54, 1.807) is 0 Å². The number of halogens is 2. The van der Waals surface area contributed by atoms with Gasteiger partial charge >= 0.3 is 0 Å². The smallest absolute Gasteiger partial charge is 0.296 e. The molecule has 5 aromatic carbocycles. The molecule has 0 radical (unpaired) electrons. The molecular formula is C40H26Cl2N10O15S6. The van der Waals surface area contributed by atoms with Crippen molar-refractivity contribution in [1.29, 1.82) is 10.5 Å². The minimum absolute atomic E-state index is 0.00756. The molecule has 376 valence electrons. The second-order valence-electron chi connectivity index (χ2n) is 14.7. The predicted octanol–water partition coefficient (Wildman–Crippen LogP) is 9.46. The minimum atomic E-state index is -5.40. The highest BCUT2D eigenvalue weighted by Crippen LogP contribution is 2.49. The first kappa shape index (κ1) is 53.7. The highest BCUT2D eigenvalue weighted by molar-refractivity contribution is 7.87. The fourth-order valence-electron chi connectivity index (χ4n) is 6.72. The summed E-state index contributed by atoms with van der Waals surface area (Å²) >= 11 is 12.7. The lowest BCUT2D eigenvalue weighted by atomic mass is 10.0. The molecule has 73 heavy (non-hydrogen) atoms. The zero-order valence-corrected chi connectivity index (χ0v) is 42.2. The van der Waals surface area contributed by atoms with Gasteiger partial charge in [0.15, 0.2) is 16.6 Å². The van der Waals surface area contributed by atoms with E-state index in [2.05, 4.69) is 36.1 Å². The lowest BCUT2D eigenvalue weighted by molar-refractivity contribution is 0.478. The molecule has 0 bridgehead atoms. The van der Waals surface area contributed by atoms with Gasteiger partial charge in [0.2, 0.25) is 0 Å². The quantitative estimate of drug-likeness (QED) is 0.0285. The van der Waals surface area contributed by atoms with E-state index in [9.17, 15) is 75.4 Å². The Labute approximate surface area is 426 Å². The van der Waals surface area contributed by atoms with Gasteiger partial charge in [-0.15, -0.1) is 20.5 Å². The summed E-state index contributed by atoms with van der Waals surface area (Å²) < 4.78 is 172. The van der Waals surface area contributed by atoms with E-state index in [4.69, 9.17) is 28.9 Å². The van der Waals surface area contributed by atoms with Crippen molar-refractivity contribution < 1.29 is 64.9 Å². The summed E-state index contributed by atoms with van der Waals surface area (Å²) in [5.41, 5.74) is 5.06. The molecule has 0 atom stereocenters. The van der Waals surface area contributed by atoms with Crippen LogP contribution in [0.3, 0.4) is 0 Å². The van der Waals surface area contributed by atoms with E-state index in [0.29, 0.717) is 29.5 Å². The summed E-state index contributed by atoms with van der Waals surface area (Å²) in [6.45, 7) is 1.38. The fraction of sp³-hybridized carbons (Fsp3) is 0.0250. The second kappa shape index (κ2) is 19.7. The molecule has 7 rings (SSSR count). The largest absolute Gasteiger partial charge is 0.399 e. The number of anilines is 5. The summed E-state index contributed by atoms with van der Waals surface area (Å²) in [6, 6.07) is 18.8. The van der Waals surface area contributed by atoms with Crippen LogP contribution in [-0.4, -0.2) is 69.8 Å². The lowest BCUT2D eigenvalue weighted by Crippen LogP contribution is -2.07. The van der Waals surface area contributed by atoms with Gasteiger partial charge in [-0.1, -0.05) is 46.7 Å². The molecule has 9 N–H and O–H groups in total. The Hall–Kier alpha value is -7.08. The standard InChI is InChI=1S/C40H26Cl2N10O15S6/c1-18-27(16-43)37(46-21-6-8-29(41)33(11-21)72(62,63)64)48-38(47-22-7-9-30(42)34(12-22)73(65,66)67)36(18)50-51-39-28(17-44)35(19-2-4-20(45)5-3-19)40(68-39)52-49-23-10-25-26(31(13-23)70(56,57)58)14-24(69(53,54)55)15-32(25)71(59,60)61/h2-15H,45H2,1H3,(H2,46,47,48)(H,53,54,55)(H,56,57,58)(H,59,60,61)(H,62,63,64)(H,65,66,67). The number of nitrogen functional groups attached to an aromatic ring is 1. The molecule has 0 aliphatic rings. The number of hydrogen-bond donors (Lipinski definition) is 8. The van der Waals surface area contributed by atoms with Gasteiger partial charge in [-0.05, 0) is 85.3 Å². The van der Waals surface area contributed by atoms with Crippen LogP contribution in [0.5, 0.6) is 0 Å². The van der Waals surface area contributed by atoms with Crippen LogP contribution in [0.25, 0.3) is 21.9 Å². The van der Waals surface area contributed by atoms with Gasteiger partial charge in [0.05, 0.1) is 26.2 Å². The molecule has 0 unspecified atom stereocenters. The van der Waals surface area contributed by atoms with Gasteiger partial charge in [-0.3, -0.25) is 22.8 Å². The second-order valence-corrected chi connectivity index (χ2v) is 23.5. The van der Waals surface area contributed by atoms with Crippen LogP contribution in [0.1, 0.15) is 16.7 Å². The molecule has 0 amide bonds. The highest BCUT2D eigenvalue weighted by Gasteiger charge is 2.28. The maximum Gasteiger partial charge on any atom is 0.296 e. The van der Waals surface area contributed by atoms with E-state index >= 15 is 0 Å². The van der Waals surface area contributed by atoms with Crippen LogP contribution >= 0.6 is 34.5 Å². The Bertz CT molecular complexity index is 4260. The average molecular weight is 1150 g/mol. The first-order valence-corrected chi connectivity index (χ1v) is 28.0. The van der Waals surface area contributed by atoms with Crippen molar-refractivity contribution in [2.45, 2.75) is 31.4 Å². The molecule has 25 nitrogen and oxygen atoms in total. The fourth-order valence-corrected chi connectivity index (χ4v) is 11.7. The molecule has 0 aliphatic carbocycles. The number of nitrogens with one attached hydrogen (secondary N) is 2. The zero-order chi connectivity index (χ0) is 53.7. The first-order chi connectivity index (χ1) is 33.9. The van der Waals surface area contributed by atoms with Gasteiger partial charge in [-0.2, -0.15) is 52.6 Å². The Morgan fingerprint density at radius 1 is 0.575 bits per heavy atom. The number of pyridine rings is 1. The van der Waals surface area contributed by atoms with Crippen LogP contribution in [0.2, 0.25) is 10.0 Å². The van der Waals surface area contributed by atoms with Gasteiger partial charge in [0, 0.05) is 39.0 Å². The average Bonchev–Trinajstić information content (AvgIpc) is 3.64. The van der Waals surface area contributed by atoms with E-state index < -0.39 is 91.5 Å². The molecule has 0 saturated carbocycles. The van der Waals surface area contributed by atoms with Crippen LogP contribution < -0.4 is 16.4 Å². The van der Waals surface area contributed by atoms with Crippen LogP contribution in [0, 0.1) is 29.6 Å². The van der Waals surface area contributed by atoms with Gasteiger partial charge < -0.3 is 16.4 Å². The number of fused-ring (bicyclic) bond motifs is 1. The van der Waals surface area contributed by atoms with Crippen molar-refractivity contribution in [3.63, 3.8) is 0 Å². The number of aromatic nitrogens is 1.